The first-order valence-corrected chi connectivity index (χ1v) is 5.03. The third-order valence-electron chi connectivity index (χ3n) is 0.492. The Hall–Kier alpha value is 0.0700. The van der Waals surface area contributed by atoms with Crippen molar-refractivity contribution in [3.05, 3.63) is 0 Å². The van der Waals surface area contributed by atoms with E-state index in [-0.39, 0.29) is 0 Å². The summed E-state index contributed by atoms with van der Waals surface area (Å²) in [5, 5.41) is 0. The van der Waals surface area contributed by atoms with Crippen molar-refractivity contribution in [2.75, 3.05) is 6.16 Å². The molecule has 0 aliphatic rings. The molecule has 0 fully saturated rings. The zero-order chi connectivity index (χ0) is 9.99. The predicted molar refractivity (Wildman–Crippen MR) is 29.9 cm³/mol. The molecule has 0 N–H and O–H groups in total. The summed E-state index contributed by atoms with van der Waals surface area (Å²) in [5.41, 5.74) is 0. The van der Waals surface area contributed by atoms with Gasteiger partial charge in [0.1, 0.15) is 4.31 Å². The number of hydrogen-bond acceptors (Lipinski definition) is 2. The minimum atomic E-state index is -6.34. The highest BCUT2D eigenvalue weighted by Gasteiger charge is 2.59. The molecule has 12 heavy (non-hydrogen) atoms. The van der Waals surface area contributed by atoms with Crippen molar-refractivity contribution >= 4 is 16.4 Å². The van der Waals surface area contributed by atoms with Gasteiger partial charge in [-0.2, -0.15) is 13.2 Å². The van der Waals surface area contributed by atoms with E-state index in [0.717, 1.165) is 0 Å². The Balaban J connectivity index is 3.92. The molecule has 2 nitrogen and oxygen atoms in total. The lowest BCUT2D eigenvalue weighted by Gasteiger charge is -1.93. The Bertz CT molecular complexity index is 153. The fourth-order valence-corrected chi connectivity index (χ4v) is 1.63. The normalized spacial score (nSPS) is 14.7. The molecule has 0 aromatic heterocycles. The fraction of sp³-hybridized carbons (Fsp3) is 1.00. The van der Waals surface area contributed by atoms with Crippen LogP contribution in [-0.2, 0) is 8.88 Å². The van der Waals surface area contributed by atoms with Gasteiger partial charge in [-0.25, -0.2) is 0 Å². The van der Waals surface area contributed by atoms with Crippen LogP contribution in [0.3, 0.4) is 0 Å². The smallest absolute Gasteiger partial charge is 0.166 e. The van der Waals surface area contributed by atoms with Crippen molar-refractivity contribution in [3.63, 3.8) is 0 Å². The van der Waals surface area contributed by atoms with Crippen LogP contribution in [0.5, 0.6) is 0 Å². The first kappa shape index (κ1) is 12.1. The molecule has 0 aromatic rings. The second-order valence-electron chi connectivity index (χ2n) is 1.59. The first-order valence-electron chi connectivity index (χ1n) is 2.29. The van der Waals surface area contributed by atoms with Crippen molar-refractivity contribution in [1.29, 1.82) is 0 Å². The van der Waals surface area contributed by atoms with Crippen molar-refractivity contribution in [2.45, 2.75) is 6.18 Å². The number of hydrogen-bond donors (Lipinski definition) is 0. The van der Waals surface area contributed by atoms with Crippen LogP contribution < -0.4 is 0 Å². The van der Waals surface area contributed by atoms with E-state index in [1.165, 1.54) is 0 Å². The van der Waals surface area contributed by atoms with E-state index in [1.54, 1.807) is 0 Å². The van der Waals surface area contributed by atoms with E-state index < -0.39 is 28.8 Å². The second kappa shape index (κ2) is 3.85. The van der Waals surface area contributed by atoms with Crippen LogP contribution in [0.25, 0.3) is 0 Å². The number of rotatable bonds is 3. The highest BCUT2D eigenvalue weighted by atomic mass is 31.3. The molecule has 1 atom stereocenters. The average Bonchev–Trinajstić information content (AvgIpc) is 1.49. The van der Waals surface area contributed by atoms with Crippen molar-refractivity contribution in [1.82, 2.24) is 0 Å². The molecule has 0 aromatic carbocycles. The predicted octanol–water partition coefficient (Wildman–Crippen LogP) is 3.89. The van der Waals surface area contributed by atoms with E-state index >= 15 is 0 Å². The standard InChI is InChI=1S/C2H2F6O2P2/c3-2(4,5)1-11(9)10-12(6,7)8/h1H2/q+2. The first-order chi connectivity index (χ1) is 5.10. The summed E-state index contributed by atoms with van der Waals surface area (Å²) in [5.74, 6) is 0. The maximum absolute atomic E-state index is 11.3. The van der Waals surface area contributed by atoms with Gasteiger partial charge in [0.2, 0.25) is 0 Å². The molecule has 0 radical (unpaired) electrons. The van der Waals surface area contributed by atoms with Crippen LogP contribution in [0, 0.1) is 0 Å². The lowest BCUT2D eigenvalue weighted by atomic mass is 10.8. The van der Waals surface area contributed by atoms with Gasteiger partial charge in [0, 0.05) is 0 Å². The quantitative estimate of drug-likeness (QED) is 0.546. The molecule has 0 aliphatic heterocycles. The van der Waals surface area contributed by atoms with Gasteiger partial charge in [-0.3, -0.25) is 0 Å². The molecular formula is C2H2F6O2P2+2. The lowest BCUT2D eigenvalue weighted by molar-refractivity contribution is -0.107. The molecule has 0 amide bonds. The second-order valence-corrected chi connectivity index (χ2v) is 4.02. The molecule has 0 spiro atoms. The van der Waals surface area contributed by atoms with Gasteiger partial charge >= 0.3 is 22.6 Å². The van der Waals surface area contributed by atoms with Crippen LogP contribution >= 0.6 is 16.4 Å². The monoisotopic (exact) mass is 234 g/mol. The van der Waals surface area contributed by atoms with Gasteiger partial charge < -0.3 is 0 Å². The van der Waals surface area contributed by atoms with Crippen LogP contribution in [0.1, 0.15) is 0 Å². The van der Waals surface area contributed by atoms with Crippen molar-refractivity contribution in [2.24, 2.45) is 0 Å². The Morgan fingerprint density at radius 1 is 1.25 bits per heavy atom. The van der Waals surface area contributed by atoms with E-state index in [1.807, 2.05) is 0 Å². The number of alkyl halides is 3. The molecule has 0 saturated carbocycles. The molecule has 10 heteroatoms. The molecule has 0 saturated heterocycles. The Morgan fingerprint density at radius 3 is 1.92 bits per heavy atom. The third-order valence-corrected chi connectivity index (χ3v) is 2.58. The average molecular weight is 234 g/mol. The number of halogens is 6. The summed E-state index contributed by atoms with van der Waals surface area (Å²) < 4.78 is 80.1. The van der Waals surface area contributed by atoms with Crippen LogP contribution in [0.4, 0.5) is 25.8 Å². The third kappa shape index (κ3) is 8.17. The van der Waals surface area contributed by atoms with Gasteiger partial charge in [0.05, 0.1) is 12.6 Å². The Labute approximate surface area is 64.5 Å². The SMILES string of the molecule is O=[P+](CC(F)(F)F)O[P+](F)(F)F. The largest absolute Gasteiger partial charge is 0.758 e. The van der Waals surface area contributed by atoms with Crippen molar-refractivity contribution < 1.29 is 34.6 Å². The van der Waals surface area contributed by atoms with E-state index in [4.69, 9.17) is 0 Å². The van der Waals surface area contributed by atoms with Gasteiger partial charge in [0.15, 0.2) is 0 Å². The van der Waals surface area contributed by atoms with Crippen LogP contribution in [0.2, 0.25) is 0 Å². The van der Waals surface area contributed by atoms with E-state index in [2.05, 4.69) is 4.31 Å². The zero-order valence-electron chi connectivity index (χ0n) is 5.19. The maximum atomic E-state index is 11.3. The van der Waals surface area contributed by atoms with Crippen LogP contribution in [0.15, 0.2) is 0 Å². The molecule has 72 valence electrons. The molecule has 1 unspecified atom stereocenters. The van der Waals surface area contributed by atoms with E-state index in [0.29, 0.717) is 0 Å². The molecular weight excluding hydrogens is 232 g/mol. The van der Waals surface area contributed by atoms with Gasteiger partial charge in [-0.15, -0.1) is 0 Å². The lowest BCUT2D eigenvalue weighted by Crippen LogP contribution is -2.10. The summed E-state index contributed by atoms with van der Waals surface area (Å²) in [4.78, 5) is 0. The molecule has 0 rings (SSSR count). The minimum absolute atomic E-state index is 2.07. The molecule has 0 heterocycles. The highest BCUT2D eigenvalue weighted by Crippen LogP contribution is 2.70. The molecule has 0 aliphatic carbocycles. The van der Waals surface area contributed by atoms with Crippen LogP contribution in [-0.4, -0.2) is 12.3 Å². The maximum Gasteiger partial charge on any atom is 0.758 e. The van der Waals surface area contributed by atoms with Gasteiger partial charge in [-0.05, 0) is 4.57 Å². The summed E-state index contributed by atoms with van der Waals surface area (Å²) in [7, 11) is -10.0. The topological polar surface area (TPSA) is 26.3 Å². The molecule has 0 bridgehead atoms. The Kier molecular flexibility index (Phi) is 3.87. The summed E-state index contributed by atoms with van der Waals surface area (Å²) in [6.45, 7) is 0. The van der Waals surface area contributed by atoms with Crippen molar-refractivity contribution in [3.8, 4) is 0 Å². The van der Waals surface area contributed by atoms with E-state index in [9.17, 15) is 30.3 Å². The van der Waals surface area contributed by atoms with Gasteiger partial charge in [0.25, 0.3) is 6.16 Å². The minimum Gasteiger partial charge on any atom is -0.166 e. The van der Waals surface area contributed by atoms with Gasteiger partial charge in [-0.1, -0.05) is 0 Å². The summed E-state index contributed by atoms with van der Waals surface area (Å²) in [6, 6.07) is 0. The fourth-order valence-electron chi connectivity index (χ4n) is 0.279. The summed E-state index contributed by atoms with van der Waals surface area (Å²) in [6.07, 6.45) is -6.97. The summed E-state index contributed by atoms with van der Waals surface area (Å²) >= 11 is 0. The zero-order valence-corrected chi connectivity index (χ0v) is 6.97. The highest BCUT2D eigenvalue weighted by molar-refractivity contribution is 7.62. The Morgan fingerprint density at radius 2 is 1.67 bits per heavy atom.